The highest BCUT2D eigenvalue weighted by Crippen LogP contribution is 2.43. The predicted octanol–water partition coefficient (Wildman–Crippen LogP) is 13.5. The number of fused-ring (bicyclic) bond motifs is 8. The minimum absolute atomic E-state index is 0.821. The number of nitrogens with zero attached hydrogens (tertiary/aromatic N) is 1. The predicted molar refractivity (Wildman–Crippen MR) is 247 cm³/mol. The van der Waals surface area contributed by atoms with E-state index in [0.29, 0.717) is 0 Å². The van der Waals surface area contributed by atoms with Crippen LogP contribution in [-0.2, 0) is 4.57 Å². The standard InChI is InChI=1S/C55H36NOP/c57-58(45-13-3-1-4-14-45,46-15-5-2-6-16-46)47-31-27-38(28-32-47)37-19-24-42(25-20-37)55-50-33-29-40-12-8-10-18-49(40)54(50)52-36-44(30-34-53(52)56-55)43-26-23-41-22-21-39-11-7-9-17-48(39)51(41)35-43/h1-36H. The molecule has 11 rings (SSSR count). The summed E-state index contributed by atoms with van der Waals surface area (Å²) in [5.74, 6) is 0. The Morgan fingerprint density at radius 1 is 0.310 bits per heavy atom. The maximum absolute atomic E-state index is 14.9. The van der Waals surface area contributed by atoms with Crippen molar-refractivity contribution in [3.63, 3.8) is 0 Å². The molecule has 0 aliphatic heterocycles. The molecule has 0 radical (unpaired) electrons. The number of aromatic nitrogens is 1. The van der Waals surface area contributed by atoms with Crippen LogP contribution in [0.5, 0.6) is 0 Å². The summed E-state index contributed by atoms with van der Waals surface area (Å²) in [6, 6.07) is 76.3. The number of pyridine rings is 1. The van der Waals surface area contributed by atoms with Crippen molar-refractivity contribution in [3.05, 3.63) is 218 Å². The largest absolute Gasteiger partial charge is 0.309 e. The maximum Gasteiger partial charge on any atom is 0.171 e. The first-order chi connectivity index (χ1) is 28.6. The first-order valence-electron chi connectivity index (χ1n) is 19.7. The van der Waals surface area contributed by atoms with Crippen molar-refractivity contribution in [1.82, 2.24) is 4.98 Å². The molecule has 0 amide bonds. The number of hydrogen-bond donors (Lipinski definition) is 0. The van der Waals surface area contributed by atoms with E-state index in [-0.39, 0.29) is 0 Å². The monoisotopic (exact) mass is 757 g/mol. The van der Waals surface area contributed by atoms with Crippen molar-refractivity contribution < 1.29 is 4.57 Å². The van der Waals surface area contributed by atoms with Gasteiger partial charge >= 0.3 is 0 Å². The van der Waals surface area contributed by atoms with Gasteiger partial charge in [-0.15, -0.1) is 0 Å². The van der Waals surface area contributed by atoms with E-state index in [1.54, 1.807) is 0 Å². The first kappa shape index (κ1) is 34.2. The third-order valence-electron chi connectivity index (χ3n) is 11.7. The summed E-state index contributed by atoms with van der Waals surface area (Å²) < 4.78 is 14.9. The SMILES string of the molecule is O=P(c1ccccc1)(c1ccccc1)c1ccc(-c2ccc(-c3nc4ccc(-c5ccc6ccc7ccccc7c6c5)cc4c4c3ccc3ccccc34)cc2)cc1. The van der Waals surface area contributed by atoms with Crippen LogP contribution in [-0.4, -0.2) is 4.98 Å². The maximum atomic E-state index is 14.9. The highest BCUT2D eigenvalue weighted by molar-refractivity contribution is 7.85. The Labute approximate surface area is 337 Å². The van der Waals surface area contributed by atoms with Crippen LogP contribution < -0.4 is 15.9 Å². The third kappa shape index (κ3) is 5.65. The minimum Gasteiger partial charge on any atom is -0.309 e. The summed E-state index contributed by atoms with van der Waals surface area (Å²) >= 11 is 0. The van der Waals surface area contributed by atoms with E-state index >= 15 is 0 Å². The van der Waals surface area contributed by atoms with E-state index in [4.69, 9.17) is 4.98 Å². The molecular formula is C55H36NOP. The van der Waals surface area contributed by atoms with Gasteiger partial charge in [-0.2, -0.15) is 0 Å². The van der Waals surface area contributed by atoms with Crippen molar-refractivity contribution in [1.29, 1.82) is 0 Å². The molecule has 0 bridgehead atoms. The molecule has 1 aromatic heterocycles. The molecule has 272 valence electrons. The fraction of sp³-hybridized carbons (Fsp3) is 0. The Bertz CT molecular complexity index is 3350. The van der Waals surface area contributed by atoms with Crippen molar-refractivity contribution in [2.24, 2.45) is 0 Å². The summed E-state index contributed by atoms with van der Waals surface area (Å²) in [5.41, 5.74) is 7.51. The molecule has 2 nitrogen and oxygen atoms in total. The van der Waals surface area contributed by atoms with Crippen molar-refractivity contribution in [2.75, 3.05) is 0 Å². The molecule has 3 heteroatoms. The number of rotatable bonds is 6. The van der Waals surface area contributed by atoms with Crippen LogP contribution in [0.15, 0.2) is 218 Å². The van der Waals surface area contributed by atoms with Gasteiger partial charge in [-0.3, -0.25) is 0 Å². The van der Waals surface area contributed by atoms with Gasteiger partial charge in [0, 0.05) is 37.6 Å². The fourth-order valence-electron chi connectivity index (χ4n) is 8.76. The molecule has 0 aliphatic rings. The Hall–Kier alpha value is -7.12. The second kappa shape index (κ2) is 13.8. The normalized spacial score (nSPS) is 11.9. The Kier molecular flexibility index (Phi) is 8.14. The van der Waals surface area contributed by atoms with Crippen molar-refractivity contribution in [2.45, 2.75) is 0 Å². The molecule has 1 heterocycles. The molecule has 0 N–H and O–H groups in total. The van der Waals surface area contributed by atoms with Gasteiger partial charge < -0.3 is 4.57 Å². The van der Waals surface area contributed by atoms with E-state index in [1.165, 1.54) is 48.8 Å². The molecule has 0 spiro atoms. The van der Waals surface area contributed by atoms with E-state index in [1.807, 2.05) is 72.8 Å². The highest BCUT2D eigenvalue weighted by atomic mass is 31.2. The van der Waals surface area contributed by atoms with Crippen LogP contribution in [0.2, 0.25) is 0 Å². The minimum atomic E-state index is -3.05. The molecule has 0 unspecified atom stereocenters. The number of benzene rings is 10. The Balaban J connectivity index is 0.998. The average Bonchev–Trinajstić information content (AvgIpc) is 3.31. The van der Waals surface area contributed by atoms with Crippen molar-refractivity contribution in [3.8, 4) is 33.5 Å². The second-order valence-electron chi connectivity index (χ2n) is 15.0. The summed E-state index contributed by atoms with van der Waals surface area (Å²) in [6.45, 7) is 0. The van der Waals surface area contributed by atoms with Gasteiger partial charge in [0.05, 0.1) is 11.2 Å². The lowest BCUT2D eigenvalue weighted by Crippen LogP contribution is -2.24. The lowest BCUT2D eigenvalue weighted by atomic mass is 9.92. The van der Waals surface area contributed by atoms with Crippen LogP contribution >= 0.6 is 7.14 Å². The zero-order chi connectivity index (χ0) is 38.6. The van der Waals surface area contributed by atoms with Crippen molar-refractivity contribution >= 4 is 77.0 Å². The van der Waals surface area contributed by atoms with Gasteiger partial charge in [-0.25, -0.2) is 4.98 Å². The van der Waals surface area contributed by atoms with Crippen LogP contribution in [0.4, 0.5) is 0 Å². The summed E-state index contributed by atoms with van der Waals surface area (Å²) in [6.07, 6.45) is 0. The third-order valence-corrected chi connectivity index (χ3v) is 14.8. The first-order valence-corrected chi connectivity index (χ1v) is 21.4. The van der Waals surface area contributed by atoms with Crippen LogP contribution in [0.1, 0.15) is 0 Å². The topological polar surface area (TPSA) is 30.0 Å². The van der Waals surface area contributed by atoms with Gasteiger partial charge in [-0.1, -0.05) is 200 Å². The molecule has 11 aromatic rings. The van der Waals surface area contributed by atoms with E-state index < -0.39 is 7.14 Å². The summed E-state index contributed by atoms with van der Waals surface area (Å²) in [4.78, 5) is 5.37. The molecule has 0 aliphatic carbocycles. The van der Waals surface area contributed by atoms with Gasteiger partial charge in [0.25, 0.3) is 0 Å². The van der Waals surface area contributed by atoms with Gasteiger partial charge in [-0.05, 0) is 72.8 Å². The zero-order valence-electron chi connectivity index (χ0n) is 31.6. The zero-order valence-corrected chi connectivity index (χ0v) is 32.5. The van der Waals surface area contributed by atoms with Crippen LogP contribution in [0.25, 0.3) is 87.5 Å². The summed E-state index contributed by atoms with van der Waals surface area (Å²) in [5, 5.41) is 13.4. The van der Waals surface area contributed by atoms with Crippen LogP contribution in [0.3, 0.4) is 0 Å². The second-order valence-corrected chi connectivity index (χ2v) is 17.8. The molecule has 0 atom stereocenters. The summed E-state index contributed by atoms with van der Waals surface area (Å²) in [7, 11) is -3.05. The van der Waals surface area contributed by atoms with E-state index in [9.17, 15) is 4.57 Å². The molecule has 0 fully saturated rings. The number of hydrogen-bond acceptors (Lipinski definition) is 2. The van der Waals surface area contributed by atoms with Gasteiger partial charge in [0.15, 0.2) is 7.14 Å². The highest BCUT2D eigenvalue weighted by Gasteiger charge is 2.29. The van der Waals surface area contributed by atoms with E-state index in [2.05, 4.69) is 146 Å². The fourth-order valence-corrected chi connectivity index (χ4v) is 11.4. The molecule has 10 aromatic carbocycles. The molecule has 0 saturated heterocycles. The lowest BCUT2D eigenvalue weighted by molar-refractivity contribution is 0.592. The van der Waals surface area contributed by atoms with Gasteiger partial charge in [0.2, 0.25) is 0 Å². The average molecular weight is 758 g/mol. The molecule has 58 heavy (non-hydrogen) atoms. The smallest absolute Gasteiger partial charge is 0.171 e. The Morgan fingerprint density at radius 3 is 1.43 bits per heavy atom. The van der Waals surface area contributed by atoms with E-state index in [0.717, 1.165) is 54.6 Å². The van der Waals surface area contributed by atoms with Gasteiger partial charge in [0.1, 0.15) is 0 Å². The molecule has 0 saturated carbocycles. The molecular weight excluding hydrogens is 722 g/mol. The lowest BCUT2D eigenvalue weighted by Gasteiger charge is -2.20. The van der Waals surface area contributed by atoms with Crippen LogP contribution in [0, 0.1) is 0 Å². The quantitative estimate of drug-likeness (QED) is 0.125. The Morgan fingerprint density at radius 2 is 0.759 bits per heavy atom.